The van der Waals surface area contributed by atoms with Crippen LogP contribution in [0.3, 0.4) is 0 Å². The van der Waals surface area contributed by atoms with Gasteiger partial charge in [0.1, 0.15) is 0 Å². The van der Waals surface area contributed by atoms with Gasteiger partial charge in [0.2, 0.25) is 0 Å². The standard InChI is InChI=1S/C44H26N4/c45-27-32-13-8-14-33(28-46)42(32)31-12-9-15-35(26-31)48-41-19-7-5-17-37(41)39-25-24-38-36-16-4-6-18-40(36)47(43(38)44(39)48)34-22-20-30(21-23-34)29-10-2-1-3-11-29/h1-26H. The summed E-state index contributed by atoms with van der Waals surface area (Å²) in [5.74, 6) is 0. The van der Waals surface area contributed by atoms with Gasteiger partial charge in [-0.1, -0.05) is 109 Å². The summed E-state index contributed by atoms with van der Waals surface area (Å²) in [5, 5.41) is 24.6. The Morgan fingerprint density at radius 3 is 1.48 bits per heavy atom. The van der Waals surface area contributed by atoms with Gasteiger partial charge in [0.05, 0.1) is 45.3 Å². The summed E-state index contributed by atoms with van der Waals surface area (Å²) in [6.45, 7) is 0. The predicted octanol–water partition coefficient (Wildman–Crippen LogP) is 11.0. The Labute approximate surface area is 277 Å². The molecule has 0 saturated heterocycles. The first-order valence-corrected chi connectivity index (χ1v) is 15.9. The molecule has 2 aromatic heterocycles. The molecule has 0 amide bonds. The van der Waals surface area contributed by atoms with E-state index in [1.165, 1.54) is 21.9 Å². The molecule has 0 atom stereocenters. The molecule has 0 bridgehead atoms. The van der Waals surface area contributed by atoms with Gasteiger partial charge >= 0.3 is 0 Å². The van der Waals surface area contributed by atoms with Crippen molar-refractivity contribution in [1.29, 1.82) is 10.5 Å². The molecule has 2 heterocycles. The predicted molar refractivity (Wildman–Crippen MR) is 195 cm³/mol. The van der Waals surface area contributed by atoms with E-state index in [4.69, 9.17) is 0 Å². The summed E-state index contributed by atoms with van der Waals surface area (Å²) in [6, 6.07) is 59.0. The Hall–Kier alpha value is -6.88. The molecule has 0 fully saturated rings. The fourth-order valence-corrected chi connectivity index (χ4v) is 7.32. The molecule has 9 rings (SSSR count). The van der Waals surface area contributed by atoms with E-state index in [0.717, 1.165) is 49.8 Å². The van der Waals surface area contributed by atoms with Crippen molar-refractivity contribution in [2.24, 2.45) is 0 Å². The van der Waals surface area contributed by atoms with Crippen LogP contribution >= 0.6 is 0 Å². The van der Waals surface area contributed by atoms with Crippen LogP contribution in [-0.4, -0.2) is 9.13 Å². The normalized spacial score (nSPS) is 11.3. The fraction of sp³-hybridized carbons (Fsp3) is 0. The highest BCUT2D eigenvalue weighted by atomic mass is 15.0. The zero-order valence-electron chi connectivity index (χ0n) is 25.8. The lowest BCUT2D eigenvalue weighted by Gasteiger charge is -2.14. The molecule has 0 aliphatic carbocycles. The SMILES string of the molecule is N#Cc1cccc(C#N)c1-c1cccc(-n2c3ccccc3c3ccc4c5ccccc5n(-c5ccc(-c6ccccc6)cc5)c4c32)c1. The number of hydrogen-bond acceptors (Lipinski definition) is 2. The zero-order chi connectivity index (χ0) is 32.2. The number of para-hydroxylation sites is 2. The summed E-state index contributed by atoms with van der Waals surface area (Å²) in [5.41, 5.74) is 11.3. The maximum atomic E-state index is 9.98. The smallest absolute Gasteiger partial charge is 0.0998 e. The number of rotatable bonds is 4. The van der Waals surface area contributed by atoms with E-state index in [-0.39, 0.29) is 0 Å². The quantitative estimate of drug-likeness (QED) is 0.199. The highest BCUT2D eigenvalue weighted by Crippen LogP contribution is 2.42. The van der Waals surface area contributed by atoms with Crippen molar-refractivity contribution in [1.82, 2.24) is 9.13 Å². The van der Waals surface area contributed by atoms with Gasteiger partial charge < -0.3 is 9.13 Å². The van der Waals surface area contributed by atoms with Crippen LogP contribution in [0.25, 0.3) is 77.2 Å². The molecular formula is C44H26N4. The number of hydrogen-bond donors (Lipinski definition) is 0. The number of fused-ring (bicyclic) bond motifs is 7. The highest BCUT2D eigenvalue weighted by Gasteiger charge is 2.21. The van der Waals surface area contributed by atoms with E-state index >= 15 is 0 Å². The molecule has 0 radical (unpaired) electrons. The molecule has 7 aromatic carbocycles. The van der Waals surface area contributed by atoms with Crippen LogP contribution in [0.1, 0.15) is 11.1 Å². The maximum Gasteiger partial charge on any atom is 0.0998 e. The van der Waals surface area contributed by atoms with E-state index < -0.39 is 0 Å². The van der Waals surface area contributed by atoms with E-state index in [0.29, 0.717) is 16.7 Å². The Morgan fingerprint density at radius 1 is 0.375 bits per heavy atom. The third kappa shape index (κ3) is 4.07. The lowest BCUT2D eigenvalue weighted by molar-refractivity contribution is 1.15. The lowest BCUT2D eigenvalue weighted by atomic mass is 9.95. The number of aromatic nitrogens is 2. The van der Waals surface area contributed by atoms with Crippen molar-refractivity contribution in [2.45, 2.75) is 0 Å². The zero-order valence-corrected chi connectivity index (χ0v) is 25.8. The topological polar surface area (TPSA) is 57.4 Å². The summed E-state index contributed by atoms with van der Waals surface area (Å²) >= 11 is 0. The molecule has 0 N–H and O–H groups in total. The third-order valence-electron chi connectivity index (χ3n) is 9.40. The minimum absolute atomic E-state index is 0.481. The largest absolute Gasteiger partial charge is 0.307 e. The van der Waals surface area contributed by atoms with Crippen molar-refractivity contribution >= 4 is 43.6 Å². The van der Waals surface area contributed by atoms with Crippen LogP contribution < -0.4 is 0 Å². The van der Waals surface area contributed by atoms with Gasteiger partial charge in [-0.3, -0.25) is 0 Å². The van der Waals surface area contributed by atoms with Crippen LogP contribution in [0.5, 0.6) is 0 Å². The Bertz CT molecular complexity index is 2750. The van der Waals surface area contributed by atoms with Gasteiger partial charge in [-0.05, 0) is 65.2 Å². The molecule has 4 nitrogen and oxygen atoms in total. The van der Waals surface area contributed by atoms with Crippen LogP contribution in [0.15, 0.2) is 158 Å². The van der Waals surface area contributed by atoms with Crippen LogP contribution in [-0.2, 0) is 0 Å². The van der Waals surface area contributed by atoms with Gasteiger partial charge in [-0.15, -0.1) is 0 Å². The molecule has 9 aromatic rings. The highest BCUT2D eigenvalue weighted by molar-refractivity contribution is 6.23. The van der Waals surface area contributed by atoms with Gasteiger partial charge in [-0.2, -0.15) is 10.5 Å². The second kappa shape index (κ2) is 10.9. The number of benzene rings is 7. The molecule has 0 spiro atoms. The number of nitriles is 2. The van der Waals surface area contributed by atoms with Gasteiger partial charge in [0.25, 0.3) is 0 Å². The minimum Gasteiger partial charge on any atom is -0.307 e. The Balaban J connectivity index is 1.38. The monoisotopic (exact) mass is 610 g/mol. The molecule has 0 unspecified atom stereocenters. The van der Waals surface area contributed by atoms with E-state index in [1.807, 2.05) is 18.2 Å². The Kier molecular flexibility index (Phi) is 6.22. The second-order valence-corrected chi connectivity index (χ2v) is 12.0. The first kappa shape index (κ1) is 27.4. The molecule has 0 aliphatic rings. The summed E-state index contributed by atoms with van der Waals surface area (Å²) in [7, 11) is 0. The van der Waals surface area contributed by atoms with E-state index in [2.05, 4.69) is 143 Å². The van der Waals surface area contributed by atoms with Crippen molar-refractivity contribution in [3.05, 3.63) is 169 Å². The molecule has 222 valence electrons. The first-order valence-electron chi connectivity index (χ1n) is 15.9. The fourth-order valence-electron chi connectivity index (χ4n) is 7.32. The van der Waals surface area contributed by atoms with Crippen LogP contribution in [0.2, 0.25) is 0 Å². The molecule has 0 aliphatic heterocycles. The van der Waals surface area contributed by atoms with Crippen molar-refractivity contribution in [2.75, 3.05) is 0 Å². The van der Waals surface area contributed by atoms with E-state index in [1.54, 1.807) is 18.2 Å². The summed E-state index contributed by atoms with van der Waals surface area (Å²) in [4.78, 5) is 0. The van der Waals surface area contributed by atoms with Crippen molar-refractivity contribution < 1.29 is 0 Å². The van der Waals surface area contributed by atoms with E-state index in [9.17, 15) is 10.5 Å². The average molecular weight is 611 g/mol. The first-order chi connectivity index (χ1) is 23.7. The molecule has 0 saturated carbocycles. The van der Waals surface area contributed by atoms with Crippen molar-refractivity contribution in [3.8, 4) is 45.8 Å². The summed E-state index contributed by atoms with van der Waals surface area (Å²) in [6.07, 6.45) is 0. The van der Waals surface area contributed by atoms with Gasteiger partial charge in [0.15, 0.2) is 0 Å². The van der Waals surface area contributed by atoms with Crippen molar-refractivity contribution in [3.63, 3.8) is 0 Å². The number of nitrogens with zero attached hydrogens (tertiary/aromatic N) is 4. The lowest BCUT2D eigenvalue weighted by Crippen LogP contribution is -1.99. The molecule has 48 heavy (non-hydrogen) atoms. The third-order valence-corrected chi connectivity index (χ3v) is 9.40. The summed E-state index contributed by atoms with van der Waals surface area (Å²) < 4.78 is 4.73. The van der Waals surface area contributed by atoms with Gasteiger partial charge in [0, 0.05) is 38.5 Å². The maximum absolute atomic E-state index is 9.98. The van der Waals surface area contributed by atoms with Crippen LogP contribution in [0.4, 0.5) is 0 Å². The molecule has 4 heteroatoms. The average Bonchev–Trinajstić information content (AvgIpc) is 3.68. The minimum atomic E-state index is 0.481. The Morgan fingerprint density at radius 2 is 0.875 bits per heavy atom. The van der Waals surface area contributed by atoms with Crippen LogP contribution in [0, 0.1) is 22.7 Å². The second-order valence-electron chi connectivity index (χ2n) is 12.0. The molecular weight excluding hydrogens is 585 g/mol. The van der Waals surface area contributed by atoms with Gasteiger partial charge in [-0.25, -0.2) is 0 Å².